The number of hydrogen-bond donors (Lipinski definition) is 2. The Morgan fingerprint density at radius 1 is 1.32 bits per heavy atom. The number of aryl methyl sites for hydroxylation is 2. The zero-order chi connectivity index (χ0) is 14.6. The average Bonchev–Trinajstić information content (AvgIpc) is 2.31. The molecule has 0 fully saturated rings. The molecule has 0 aliphatic heterocycles. The summed E-state index contributed by atoms with van der Waals surface area (Å²) in [6.07, 6.45) is 0. The van der Waals surface area contributed by atoms with E-state index in [1.165, 1.54) is 6.92 Å². The molecular weight excluding hydrogens is 266 g/mol. The second-order valence-corrected chi connectivity index (χ2v) is 5.85. The van der Waals surface area contributed by atoms with E-state index in [4.69, 9.17) is 5.11 Å². The number of carboxylic acid groups (broad SMARTS) is 1. The van der Waals surface area contributed by atoms with Crippen molar-refractivity contribution in [3.8, 4) is 0 Å². The van der Waals surface area contributed by atoms with Crippen molar-refractivity contribution in [3.63, 3.8) is 0 Å². The van der Waals surface area contributed by atoms with Gasteiger partial charge in [0.15, 0.2) is 0 Å². The van der Waals surface area contributed by atoms with Crippen molar-refractivity contribution in [1.82, 2.24) is 5.32 Å². The van der Waals surface area contributed by atoms with Crippen molar-refractivity contribution in [2.75, 3.05) is 5.75 Å². The second kappa shape index (κ2) is 6.47. The molecule has 0 saturated heterocycles. The van der Waals surface area contributed by atoms with E-state index in [0.29, 0.717) is 4.90 Å². The third-order valence-electron chi connectivity index (χ3n) is 2.73. The van der Waals surface area contributed by atoms with Crippen molar-refractivity contribution < 1.29 is 18.9 Å². The Hall–Kier alpha value is -1.69. The smallest absolute Gasteiger partial charge is 0.327 e. The number of nitrogens with one attached hydrogen (secondary N) is 1. The SMILES string of the molecule is CC(=O)NC(CS(=O)c1ccc(C)c(C)c1)C(=O)O. The Labute approximate surface area is 114 Å². The first-order valence-corrected chi connectivity index (χ1v) is 7.08. The van der Waals surface area contributed by atoms with Crippen LogP contribution < -0.4 is 5.32 Å². The molecule has 2 N–H and O–H groups in total. The first-order chi connectivity index (χ1) is 8.81. The molecule has 6 heteroatoms. The van der Waals surface area contributed by atoms with Crippen LogP contribution in [0.3, 0.4) is 0 Å². The molecule has 19 heavy (non-hydrogen) atoms. The molecule has 0 bridgehead atoms. The van der Waals surface area contributed by atoms with Crippen LogP contribution in [-0.2, 0) is 20.4 Å². The van der Waals surface area contributed by atoms with Gasteiger partial charge in [0.25, 0.3) is 0 Å². The summed E-state index contributed by atoms with van der Waals surface area (Å²) in [5.41, 5.74) is 2.08. The molecule has 0 radical (unpaired) electrons. The van der Waals surface area contributed by atoms with Crippen molar-refractivity contribution >= 4 is 22.7 Å². The van der Waals surface area contributed by atoms with Crippen LogP contribution in [0.4, 0.5) is 0 Å². The number of hydrogen-bond acceptors (Lipinski definition) is 3. The fourth-order valence-corrected chi connectivity index (χ4v) is 2.77. The zero-order valence-corrected chi connectivity index (χ0v) is 11.9. The summed E-state index contributed by atoms with van der Waals surface area (Å²) in [5, 5.41) is 11.2. The highest BCUT2D eigenvalue weighted by atomic mass is 32.2. The molecule has 0 saturated carbocycles. The summed E-state index contributed by atoms with van der Waals surface area (Å²) in [6, 6.07) is 4.19. The Morgan fingerprint density at radius 2 is 1.95 bits per heavy atom. The van der Waals surface area contributed by atoms with Crippen molar-refractivity contribution in [3.05, 3.63) is 29.3 Å². The Balaban J connectivity index is 2.84. The molecule has 5 nitrogen and oxygen atoms in total. The summed E-state index contributed by atoms with van der Waals surface area (Å²) in [7, 11) is -1.46. The lowest BCUT2D eigenvalue weighted by molar-refractivity contribution is -0.140. The molecule has 1 rings (SSSR count). The van der Waals surface area contributed by atoms with Gasteiger partial charge in [0.2, 0.25) is 5.91 Å². The summed E-state index contributed by atoms with van der Waals surface area (Å²) in [6.45, 7) is 5.08. The maximum absolute atomic E-state index is 12.1. The van der Waals surface area contributed by atoms with E-state index in [2.05, 4.69) is 5.32 Å². The first-order valence-electron chi connectivity index (χ1n) is 5.76. The van der Waals surface area contributed by atoms with E-state index in [9.17, 15) is 13.8 Å². The number of benzene rings is 1. The molecule has 2 unspecified atom stereocenters. The molecular formula is C13H17NO4S. The molecule has 1 aromatic carbocycles. The monoisotopic (exact) mass is 283 g/mol. The molecule has 0 spiro atoms. The van der Waals surface area contributed by atoms with Crippen LogP contribution in [-0.4, -0.2) is 33.0 Å². The first kappa shape index (κ1) is 15.4. The lowest BCUT2D eigenvalue weighted by Gasteiger charge is -2.13. The van der Waals surface area contributed by atoms with E-state index in [1.54, 1.807) is 12.1 Å². The molecule has 1 amide bonds. The minimum atomic E-state index is -1.46. The predicted octanol–water partition coefficient (Wildman–Crippen LogP) is 1.00. The average molecular weight is 283 g/mol. The molecule has 0 aromatic heterocycles. The van der Waals surface area contributed by atoms with E-state index in [0.717, 1.165) is 11.1 Å². The summed E-state index contributed by atoms with van der Waals surface area (Å²) in [5.74, 6) is -1.78. The Bertz CT molecular complexity index is 527. The highest BCUT2D eigenvalue weighted by Gasteiger charge is 2.22. The summed E-state index contributed by atoms with van der Waals surface area (Å²) < 4.78 is 12.1. The summed E-state index contributed by atoms with van der Waals surface area (Å²) in [4.78, 5) is 22.4. The highest BCUT2D eigenvalue weighted by Crippen LogP contribution is 2.14. The lowest BCUT2D eigenvalue weighted by Crippen LogP contribution is -2.43. The van der Waals surface area contributed by atoms with Crippen LogP contribution in [0, 0.1) is 13.8 Å². The predicted molar refractivity (Wildman–Crippen MR) is 72.4 cm³/mol. The standard InChI is InChI=1S/C13H17NO4S/c1-8-4-5-11(6-9(8)2)19(18)7-12(13(16)17)14-10(3)15/h4-6,12H,7H2,1-3H3,(H,14,15)(H,16,17). The van der Waals surface area contributed by atoms with Gasteiger partial charge in [-0.1, -0.05) is 6.07 Å². The minimum absolute atomic E-state index is 0.141. The Kier molecular flexibility index (Phi) is 5.23. The van der Waals surface area contributed by atoms with Crippen LogP contribution in [0.1, 0.15) is 18.1 Å². The lowest BCUT2D eigenvalue weighted by atomic mass is 10.1. The largest absolute Gasteiger partial charge is 0.480 e. The topological polar surface area (TPSA) is 83.5 Å². The van der Waals surface area contributed by atoms with Crippen LogP contribution >= 0.6 is 0 Å². The van der Waals surface area contributed by atoms with Gasteiger partial charge in [-0.15, -0.1) is 0 Å². The van der Waals surface area contributed by atoms with Crippen molar-refractivity contribution in [2.24, 2.45) is 0 Å². The van der Waals surface area contributed by atoms with Crippen molar-refractivity contribution in [1.29, 1.82) is 0 Å². The van der Waals surface area contributed by atoms with Gasteiger partial charge >= 0.3 is 5.97 Å². The fourth-order valence-electron chi connectivity index (χ4n) is 1.52. The third-order valence-corrected chi connectivity index (χ3v) is 4.15. The molecule has 104 valence electrons. The maximum Gasteiger partial charge on any atom is 0.327 e. The number of rotatable bonds is 5. The van der Waals surface area contributed by atoms with Crippen LogP contribution in [0.15, 0.2) is 23.1 Å². The molecule has 0 heterocycles. The number of carbonyl (C=O) groups excluding carboxylic acids is 1. The molecule has 2 atom stereocenters. The van der Waals surface area contributed by atoms with E-state index in [-0.39, 0.29) is 5.75 Å². The van der Waals surface area contributed by atoms with Gasteiger partial charge in [-0.25, -0.2) is 4.79 Å². The molecule has 0 aliphatic rings. The number of aliphatic carboxylic acids is 1. The quantitative estimate of drug-likeness (QED) is 0.844. The van der Waals surface area contributed by atoms with Gasteiger partial charge < -0.3 is 10.4 Å². The van der Waals surface area contributed by atoms with Crippen LogP contribution in [0.5, 0.6) is 0 Å². The fraction of sp³-hybridized carbons (Fsp3) is 0.385. The van der Waals surface area contributed by atoms with Crippen LogP contribution in [0.2, 0.25) is 0 Å². The van der Waals surface area contributed by atoms with E-state index >= 15 is 0 Å². The highest BCUT2D eigenvalue weighted by molar-refractivity contribution is 7.85. The van der Waals surface area contributed by atoms with Gasteiger partial charge in [0.1, 0.15) is 6.04 Å². The normalized spacial score (nSPS) is 13.6. The zero-order valence-electron chi connectivity index (χ0n) is 11.1. The van der Waals surface area contributed by atoms with Gasteiger partial charge in [0.05, 0.1) is 16.6 Å². The summed E-state index contributed by atoms with van der Waals surface area (Å²) >= 11 is 0. The number of carbonyl (C=O) groups is 2. The minimum Gasteiger partial charge on any atom is -0.480 e. The molecule has 0 aliphatic carbocycles. The Morgan fingerprint density at radius 3 is 2.42 bits per heavy atom. The van der Waals surface area contributed by atoms with Gasteiger partial charge in [-0.2, -0.15) is 0 Å². The van der Waals surface area contributed by atoms with Crippen LogP contribution in [0.25, 0.3) is 0 Å². The maximum atomic E-state index is 12.1. The second-order valence-electron chi connectivity index (χ2n) is 4.35. The van der Waals surface area contributed by atoms with Gasteiger partial charge in [0, 0.05) is 11.8 Å². The van der Waals surface area contributed by atoms with E-state index < -0.39 is 28.7 Å². The van der Waals surface area contributed by atoms with Crippen molar-refractivity contribution in [2.45, 2.75) is 31.7 Å². The third kappa shape index (κ3) is 4.48. The number of carboxylic acids is 1. The van der Waals surface area contributed by atoms with Gasteiger partial charge in [-0.3, -0.25) is 9.00 Å². The molecule has 1 aromatic rings. The van der Waals surface area contributed by atoms with Gasteiger partial charge in [-0.05, 0) is 37.1 Å². The number of amides is 1. The van der Waals surface area contributed by atoms with E-state index in [1.807, 2.05) is 19.9 Å².